The molecule has 2 aromatic carbocycles. The van der Waals surface area contributed by atoms with Crippen LogP contribution in [-0.2, 0) is 4.79 Å². The molecular weight excluding hydrogens is 539 g/mol. The summed E-state index contributed by atoms with van der Waals surface area (Å²) in [5.74, 6) is -3.68. The van der Waals surface area contributed by atoms with Crippen LogP contribution in [-0.4, -0.2) is 64.5 Å². The molecule has 1 atom stereocenters. The third-order valence-electron chi connectivity index (χ3n) is 5.66. The highest BCUT2D eigenvalue weighted by atomic mass is 35.5. The van der Waals surface area contributed by atoms with Gasteiger partial charge in [0.15, 0.2) is 0 Å². The third kappa shape index (κ3) is 8.80. The second kappa shape index (κ2) is 15.8. The number of halogens is 4. The van der Waals surface area contributed by atoms with Gasteiger partial charge in [-0.25, -0.2) is 13.8 Å². The second-order valence-electron chi connectivity index (χ2n) is 8.65. The molecule has 1 saturated heterocycles. The number of carboxylic acids is 1. The molecule has 2 heterocycles. The number of hydrogen-bond acceptors (Lipinski definition) is 5. The van der Waals surface area contributed by atoms with Crippen LogP contribution in [0, 0.1) is 6.92 Å². The molecule has 0 radical (unpaired) electrons. The van der Waals surface area contributed by atoms with Gasteiger partial charge in [0.2, 0.25) is 0 Å². The Hall–Kier alpha value is -2.46. The number of aliphatic carboxylic acids is 1. The number of piperidine rings is 1. The number of nitrogens with one attached hydrogen (secondary N) is 1. The van der Waals surface area contributed by atoms with Crippen molar-refractivity contribution < 1.29 is 28.9 Å². The number of aryl methyl sites for hydroxylation is 1. The molecule has 38 heavy (non-hydrogen) atoms. The van der Waals surface area contributed by atoms with E-state index in [4.69, 9.17) is 33.4 Å². The number of carbonyl (C=O) groups is 1. The Morgan fingerprint density at radius 2 is 1.63 bits per heavy atom. The molecule has 0 aliphatic carbocycles. The molecule has 1 aliphatic rings. The summed E-state index contributed by atoms with van der Waals surface area (Å²) in [4.78, 5) is 21.0. The Morgan fingerprint density at radius 1 is 1.11 bits per heavy atom. The summed E-state index contributed by atoms with van der Waals surface area (Å²) in [7, 11) is 2.00. The van der Waals surface area contributed by atoms with E-state index < -0.39 is 17.8 Å². The van der Waals surface area contributed by atoms with Gasteiger partial charge in [0.25, 0.3) is 5.92 Å². The SMILES string of the molecule is CCC.CO.CO.Cc1ccc(C(CC(=O)O)c2nc3c(Cl)c(N4CCC(F)(F)CC4)c(Cl)cc3[nH]2)cc1. The molecule has 1 fully saturated rings. The number of anilines is 1. The number of alkyl halides is 2. The first-order chi connectivity index (χ1) is 18.1. The number of benzene rings is 2. The molecule has 3 aromatic rings. The molecule has 212 valence electrons. The van der Waals surface area contributed by atoms with E-state index in [9.17, 15) is 18.7 Å². The number of nitrogens with zero attached hydrogens (tertiary/aromatic N) is 2. The van der Waals surface area contributed by atoms with Crippen molar-refractivity contribution in [1.29, 1.82) is 0 Å². The first-order valence-electron chi connectivity index (χ1n) is 12.2. The fourth-order valence-electron chi connectivity index (χ4n) is 3.95. The van der Waals surface area contributed by atoms with E-state index in [1.807, 2.05) is 31.2 Å². The van der Waals surface area contributed by atoms with Gasteiger partial charge in [0.1, 0.15) is 11.3 Å². The maximum Gasteiger partial charge on any atom is 0.304 e. The number of imidazole rings is 1. The molecule has 1 aliphatic heterocycles. The Bertz CT molecular complexity index is 1150. The average molecular weight is 577 g/mol. The van der Waals surface area contributed by atoms with Crippen LogP contribution in [0.15, 0.2) is 30.3 Å². The summed E-state index contributed by atoms with van der Waals surface area (Å²) < 4.78 is 27.1. The van der Waals surface area contributed by atoms with Crippen molar-refractivity contribution in [3.05, 3.63) is 57.3 Å². The lowest BCUT2D eigenvalue weighted by atomic mass is 9.94. The number of aromatic amines is 1. The van der Waals surface area contributed by atoms with Crippen LogP contribution in [0.2, 0.25) is 10.0 Å². The molecule has 11 heteroatoms. The maximum absolute atomic E-state index is 13.6. The lowest BCUT2D eigenvalue weighted by Crippen LogP contribution is -2.39. The highest BCUT2D eigenvalue weighted by Gasteiger charge is 2.35. The van der Waals surface area contributed by atoms with E-state index in [2.05, 4.69) is 23.8 Å². The second-order valence-corrected chi connectivity index (χ2v) is 9.44. The summed E-state index contributed by atoms with van der Waals surface area (Å²) in [5.41, 5.74) is 3.37. The van der Waals surface area contributed by atoms with E-state index in [0.717, 1.165) is 25.3 Å². The minimum Gasteiger partial charge on any atom is -0.481 e. The Kier molecular flexibility index (Phi) is 14.0. The summed E-state index contributed by atoms with van der Waals surface area (Å²) in [5, 5.41) is 24.0. The average Bonchev–Trinajstić information content (AvgIpc) is 3.31. The largest absolute Gasteiger partial charge is 0.481 e. The van der Waals surface area contributed by atoms with Gasteiger partial charge < -0.3 is 25.2 Å². The lowest BCUT2D eigenvalue weighted by molar-refractivity contribution is -0.137. The van der Waals surface area contributed by atoms with Crippen LogP contribution in [0.4, 0.5) is 14.5 Å². The predicted molar refractivity (Wildman–Crippen MR) is 150 cm³/mol. The van der Waals surface area contributed by atoms with Crippen LogP contribution < -0.4 is 4.90 Å². The van der Waals surface area contributed by atoms with E-state index >= 15 is 0 Å². The van der Waals surface area contributed by atoms with Crippen LogP contribution in [0.5, 0.6) is 0 Å². The molecule has 4 N–H and O–H groups in total. The Labute approximate surface area is 232 Å². The Balaban J connectivity index is 0.000000944. The van der Waals surface area contributed by atoms with E-state index in [1.165, 1.54) is 6.42 Å². The van der Waals surface area contributed by atoms with Crippen LogP contribution in [0.25, 0.3) is 11.0 Å². The quantitative estimate of drug-likeness (QED) is 0.271. The fraction of sp³-hybridized carbons (Fsp3) is 0.481. The van der Waals surface area contributed by atoms with Gasteiger partial charge in [-0.1, -0.05) is 73.3 Å². The minimum atomic E-state index is -2.68. The zero-order valence-corrected chi connectivity index (χ0v) is 23.9. The highest BCUT2D eigenvalue weighted by Crippen LogP contribution is 2.42. The standard InChI is InChI=1S/C22H21Cl2F2N3O2.C3H8.2CH4O/c1-12-2-4-13(5-3-12)14(10-17(30)31)21-27-16-11-15(23)20(18(24)19(16)28-21)29-8-6-22(25,26)7-9-29;1-3-2;2*1-2/h2-5,11,14H,6-10H2,1H3,(H,27,28)(H,30,31);3H2,1-2H3;2*2H,1H3. The zero-order valence-electron chi connectivity index (χ0n) is 22.4. The molecule has 0 saturated carbocycles. The lowest BCUT2D eigenvalue weighted by Gasteiger charge is -2.34. The molecule has 0 bridgehead atoms. The van der Waals surface area contributed by atoms with E-state index in [1.54, 1.807) is 11.0 Å². The third-order valence-corrected chi connectivity index (χ3v) is 6.31. The topological polar surface area (TPSA) is 110 Å². The molecule has 0 amide bonds. The van der Waals surface area contributed by atoms with Gasteiger partial charge in [-0.3, -0.25) is 4.79 Å². The van der Waals surface area contributed by atoms with Crippen LogP contribution >= 0.6 is 23.2 Å². The van der Waals surface area contributed by atoms with Crippen molar-refractivity contribution in [3.8, 4) is 0 Å². The van der Waals surface area contributed by atoms with Gasteiger partial charge in [-0.15, -0.1) is 0 Å². The summed E-state index contributed by atoms with van der Waals surface area (Å²) in [6, 6.07) is 9.25. The number of aliphatic hydroxyl groups is 2. The number of fused-ring (bicyclic) bond motifs is 1. The van der Waals surface area contributed by atoms with Gasteiger partial charge in [-0.05, 0) is 18.6 Å². The molecule has 4 rings (SSSR count). The predicted octanol–water partition coefficient (Wildman–Crippen LogP) is 6.65. The number of rotatable bonds is 5. The van der Waals surface area contributed by atoms with E-state index in [-0.39, 0.29) is 37.4 Å². The van der Waals surface area contributed by atoms with Crippen molar-refractivity contribution in [2.45, 2.75) is 58.3 Å². The van der Waals surface area contributed by atoms with Gasteiger partial charge in [0.05, 0.1) is 33.6 Å². The summed E-state index contributed by atoms with van der Waals surface area (Å²) in [6.45, 7) is 6.48. The van der Waals surface area contributed by atoms with Gasteiger partial charge >= 0.3 is 5.97 Å². The van der Waals surface area contributed by atoms with Crippen molar-refractivity contribution in [1.82, 2.24) is 9.97 Å². The van der Waals surface area contributed by atoms with E-state index in [0.29, 0.717) is 27.6 Å². The van der Waals surface area contributed by atoms with Crippen molar-refractivity contribution in [2.75, 3.05) is 32.2 Å². The van der Waals surface area contributed by atoms with Crippen molar-refractivity contribution in [2.24, 2.45) is 0 Å². The maximum atomic E-state index is 13.6. The Morgan fingerprint density at radius 3 is 2.13 bits per heavy atom. The normalized spacial score (nSPS) is 14.8. The highest BCUT2D eigenvalue weighted by molar-refractivity contribution is 6.42. The number of hydrogen-bond donors (Lipinski definition) is 4. The first-order valence-corrected chi connectivity index (χ1v) is 13.0. The molecular formula is C27H37Cl2F2N3O4. The van der Waals surface area contributed by atoms with Gasteiger partial charge in [0, 0.05) is 40.2 Å². The molecule has 7 nitrogen and oxygen atoms in total. The van der Waals surface area contributed by atoms with Gasteiger partial charge in [-0.2, -0.15) is 0 Å². The number of aromatic nitrogens is 2. The zero-order chi connectivity index (χ0) is 29.0. The molecule has 0 spiro atoms. The molecule has 1 aromatic heterocycles. The first kappa shape index (κ1) is 33.6. The van der Waals surface area contributed by atoms with Crippen LogP contribution in [0.1, 0.15) is 62.4 Å². The fourth-order valence-corrected chi connectivity index (χ4v) is 4.68. The summed E-state index contributed by atoms with van der Waals surface area (Å²) >= 11 is 13.1. The smallest absolute Gasteiger partial charge is 0.304 e. The molecule has 1 unspecified atom stereocenters. The monoisotopic (exact) mass is 575 g/mol. The number of H-pyrrole nitrogens is 1. The van der Waals surface area contributed by atoms with Crippen molar-refractivity contribution >= 4 is 45.9 Å². The number of aliphatic hydroxyl groups excluding tert-OH is 2. The van der Waals surface area contributed by atoms with Crippen molar-refractivity contribution in [3.63, 3.8) is 0 Å². The van der Waals surface area contributed by atoms with Crippen LogP contribution in [0.3, 0.4) is 0 Å². The minimum absolute atomic E-state index is 0.139. The summed E-state index contributed by atoms with van der Waals surface area (Å²) in [6.07, 6.45) is 0.567. The number of carboxylic acid groups (broad SMARTS) is 1.